The lowest BCUT2D eigenvalue weighted by atomic mass is 10.2. The second kappa shape index (κ2) is 6.98. The molecule has 0 unspecified atom stereocenters. The largest absolute Gasteiger partial charge is 0.469 e. The number of rotatable bonds is 5. The van der Waals surface area contributed by atoms with Crippen molar-refractivity contribution in [2.75, 3.05) is 6.61 Å². The van der Waals surface area contributed by atoms with E-state index in [-0.39, 0.29) is 6.61 Å². The van der Waals surface area contributed by atoms with Gasteiger partial charge in [-0.15, -0.1) is 0 Å². The van der Waals surface area contributed by atoms with Crippen molar-refractivity contribution in [1.82, 2.24) is 5.32 Å². The molecular formula is C14H21NO5. The van der Waals surface area contributed by atoms with Gasteiger partial charge in [0, 0.05) is 13.3 Å². The molecule has 1 aromatic heterocycles. The van der Waals surface area contributed by atoms with Gasteiger partial charge in [0.05, 0.1) is 12.3 Å². The molecule has 0 fully saturated rings. The first kappa shape index (κ1) is 16.1. The van der Waals surface area contributed by atoms with Gasteiger partial charge in [-0.2, -0.15) is 0 Å². The van der Waals surface area contributed by atoms with E-state index in [0.29, 0.717) is 12.2 Å². The van der Waals surface area contributed by atoms with Crippen LogP contribution in [0.5, 0.6) is 0 Å². The second-order valence-corrected chi connectivity index (χ2v) is 5.43. The minimum atomic E-state index is -0.583. The van der Waals surface area contributed by atoms with Gasteiger partial charge in [-0.25, -0.2) is 4.79 Å². The predicted molar refractivity (Wildman–Crippen MR) is 72.2 cm³/mol. The summed E-state index contributed by atoms with van der Waals surface area (Å²) in [4.78, 5) is 22.6. The standard InChI is InChI=1S/C14H21NO5/c1-10(16)19-9-11(8-12-6-5-7-18-12)15-13(17)20-14(2,3)4/h5-7,11H,8-9H2,1-4H3,(H,15,17)/t11-/m0/s1. The molecule has 0 saturated heterocycles. The van der Waals surface area contributed by atoms with Gasteiger partial charge in [-0.05, 0) is 32.9 Å². The van der Waals surface area contributed by atoms with E-state index < -0.39 is 23.7 Å². The zero-order valence-electron chi connectivity index (χ0n) is 12.3. The topological polar surface area (TPSA) is 77.8 Å². The van der Waals surface area contributed by atoms with E-state index in [0.717, 1.165) is 0 Å². The van der Waals surface area contributed by atoms with E-state index in [2.05, 4.69) is 5.32 Å². The highest BCUT2D eigenvalue weighted by molar-refractivity contribution is 5.68. The van der Waals surface area contributed by atoms with Gasteiger partial charge in [-0.1, -0.05) is 0 Å². The van der Waals surface area contributed by atoms with Crippen LogP contribution >= 0.6 is 0 Å². The number of carbonyl (C=O) groups excluding carboxylic acids is 2. The first-order valence-electron chi connectivity index (χ1n) is 6.41. The van der Waals surface area contributed by atoms with Crippen molar-refractivity contribution in [3.05, 3.63) is 24.2 Å². The van der Waals surface area contributed by atoms with Crippen molar-refractivity contribution in [2.45, 2.75) is 45.8 Å². The first-order valence-corrected chi connectivity index (χ1v) is 6.41. The van der Waals surface area contributed by atoms with Gasteiger partial charge in [0.1, 0.15) is 18.0 Å². The Balaban J connectivity index is 2.57. The van der Waals surface area contributed by atoms with Crippen LogP contribution in [0.2, 0.25) is 0 Å². The lowest BCUT2D eigenvalue weighted by molar-refractivity contribution is -0.141. The van der Waals surface area contributed by atoms with E-state index in [4.69, 9.17) is 13.9 Å². The van der Waals surface area contributed by atoms with Crippen LogP contribution in [0.1, 0.15) is 33.5 Å². The quantitative estimate of drug-likeness (QED) is 0.839. The summed E-state index contributed by atoms with van der Waals surface area (Å²) in [6.07, 6.45) is 1.41. The molecule has 1 amide bonds. The molecule has 0 aromatic carbocycles. The molecule has 112 valence electrons. The fraction of sp³-hybridized carbons (Fsp3) is 0.571. The number of hydrogen-bond acceptors (Lipinski definition) is 5. The van der Waals surface area contributed by atoms with Gasteiger partial charge in [-0.3, -0.25) is 4.79 Å². The molecule has 6 heteroatoms. The van der Waals surface area contributed by atoms with Crippen LogP contribution in [-0.2, 0) is 20.7 Å². The van der Waals surface area contributed by atoms with Crippen molar-refractivity contribution in [3.63, 3.8) is 0 Å². The Labute approximate surface area is 118 Å². The Morgan fingerprint density at radius 2 is 2.10 bits per heavy atom. The highest BCUT2D eigenvalue weighted by Gasteiger charge is 2.21. The fourth-order valence-corrected chi connectivity index (χ4v) is 1.52. The summed E-state index contributed by atoms with van der Waals surface area (Å²) < 4.78 is 15.3. The Bertz CT molecular complexity index is 433. The fourth-order valence-electron chi connectivity index (χ4n) is 1.52. The van der Waals surface area contributed by atoms with Crippen LogP contribution in [-0.4, -0.2) is 30.3 Å². The Hall–Kier alpha value is -1.98. The summed E-state index contributed by atoms with van der Waals surface area (Å²) in [7, 11) is 0. The summed E-state index contributed by atoms with van der Waals surface area (Å²) in [6.45, 7) is 6.72. The van der Waals surface area contributed by atoms with Crippen LogP contribution < -0.4 is 5.32 Å². The zero-order chi connectivity index (χ0) is 15.2. The Kier molecular flexibility index (Phi) is 5.61. The van der Waals surface area contributed by atoms with Gasteiger partial charge in [0.2, 0.25) is 0 Å². The highest BCUT2D eigenvalue weighted by Crippen LogP contribution is 2.09. The van der Waals surface area contributed by atoms with Crippen LogP contribution in [0.15, 0.2) is 22.8 Å². The summed E-state index contributed by atoms with van der Waals surface area (Å²) in [5.74, 6) is 0.290. The molecule has 1 N–H and O–H groups in total. The van der Waals surface area contributed by atoms with E-state index in [1.807, 2.05) is 0 Å². The Morgan fingerprint density at radius 1 is 1.40 bits per heavy atom. The first-order chi connectivity index (χ1) is 9.26. The van der Waals surface area contributed by atoms with Gasteiger partial charge < -0.3 is 19.2 Å². The van der Waals surface area contributed by atoms with Crippen LogP contribution in [0.25, 0.3) is 0 Å². The molecule has 1 atom stereocenters. The van der Waals surface area contributed by atoms with E-state index >= 15 is 0 Å². The third-order valence-electron chi connectivity index (χ3n) is 2.24. The van der Waals surface area contributed by atoms with Crippen molar-refractivity contribution < 1.29 is 23.5 Å². The number of furan rings is 1. The summed E-state index contributed by atoms with van der Waals surface area (Å²) >= 11 is 0. The molecule has 0 bridgehead atoms. The summed E-state index contributed by atoms with van der Waals surface area (Å²) in [5.41, 5.74) is -0.583. The lowest BCUT2D eigenvalue weighted by Crippen LogP contribution is -2.43. The number of amides is 1. The molecule has 0 aliphatic carbocycles. The van der Waals surface area contributed by atoms with Crippen molar-refractivity contribution >= 4 is 12.1 Å². The average Bonchev–Trinajstić information content (AvgIpc) is 2.75. The molecule has 1 rings (SSSR count). The van der Waals surface area contributed by atoms with Crippen LogP contribution in [0.4, 0.5) is 4.79 Å². The van der Waals surface area contributed by atoms with E-state index in [9.17, 15) is 9.59 Å². The number of hydrogen-bond donors (Lipinski definition) is 1. The second-order valence-electron chi connectivity index (χ2n) is 5.43. The number of alkyl carbamates (subject to hydrolysis) is 1. The van der Waals surface area contributed by atoms with Gasteiger partial charge >= 0.3 is 12.1 Å². The number of ether oxygens (including phenoxy) is 2. The van der Waals surface area contributed by atoms with Crippen LogP contribution in [0, 0.1) is 0 Å². The number of nitrogens with one attached hydrogen (secondary N) is 1. The molecule has 1 heterocycles. The Morgan fingerprint density at radius 3 is 2.60 bits per heavy atom. The number of carbonyl (C=O) groups is 2. The van der Waals surface area contributed by atoms with Crippen molar-refractivity contribution in [3.8, 4) is 0 Å². The minimum absolute atomic E-state index is 0.0648. The molecular weight excluding hydrogens is 262 g/mol. The maximum Gasteiger partial charge on any atom is 0.408 e. The molecule has 0 aliphatic rings. The van der Waals surface area contributed by atoms with E-state index in [1.165, 1.54) is 6.92 Å². The molecule has 0 radical (unpaired) electrons. The molecule has 1 aromatic rings. The monoisotopic (exact) mass is 283 g/mol. The smallest absolute Gasteiger partial charge is 0.408 e. The SMILES string of the molecule is CC(=O)OC[C@H](Cc1ccco1)NC(=O)OC(C)(C)C. The van der Waals surface area contributed by atoms with Crippen molar-refractivity contribution in [2.24, 2.45) is 0 Å². The minimum Gasteiger partial charge on any atom is -0.469 e. The number of esters is 1. The molecule has 0 spiro atoms. The van der Waals surface area contributed by atoms with Gasteiger partial charge in [0.15, 0.2) is 0 Å². The van der Waals surface area contributed by atoms with Crippen molar-refractivity contribution in [1.29, 1.82) is 0 Å². The molecule has 6 nitrogen and oxygen atoms in total. The third kappa shape index (κ3) is 6.82. The summed E-state index contributed by atoms with van der Waals surface area (Å²) in [5, 5.41) is 2.67. The average molecular weight is 283 g/mol. The molecule has 20 heavy (non-hydrogen) atoms. The van der Waals surface area contributed by atoms with E-state index in [1.54, 1.807) is 39.2 Å². The lowest BCUT2D eigenvalue weighted by Gasteiger charge is -2.23. The molecule has 0 saturated carbocycles. The zero-order valence-corrected chi connectivity index (χ0v) is 12.3. The van der Waals surface area contributed by atoms with Gasteiger partial charge in [0.25, 0.3) is 0 Å². The maximum absolute atomic E-state index is 11.7. The third-order valence-corrected chi connectivity index (χ3v) is 2.24. The highest BCUT2D eigenvalue weighted by atomic mass is 16.6. The maximum atomic E-state index is 11.7. The normalized spacial score (nSPS) is 12.6. The summed E-state index contributed by atoms with van der Waals surface area (Å²) in [6, 6.07) is 3.14. The molecule has 0 aliphatic heterocycles. The van der Waals surface area contributed by atoms with Crippen LogP contribution in [0.3, 0.4) is 0 Å². The predicted octanol–water partition coefficient (Wildman–Crippen LogP) is 2.28.